The van der Waals surface area contributed by atoms with Gasteiger partial charge in [-0.1, -0.05) is 18.2 Å². The molecule has 1 unspecified atom stereocenters. The minimum atomic E-state index is 0.654. The first-order chi connectivity index (χ1) is 7.33. The average molecular weight is 221 g/mol. The molecule has 1 aliphatic rings. The maximum absolute atomic E-state index is 2.56. The topological polar surface area (TPSA) is 3.24 Å². The van der Waals surface area contributed by atoms with E-state index < -0.39 is 0 Å². The fourth-order valence-corrected chi connectivity index (χ4v) is 3.01. The van der Waals surface area contributed by atoms with Gasteiger partial charge in [-0.2, -0.15) is 11.8 Å². The van der Waals surface area contributed by atoms with Gasteiger partial charge < -0.3 is 4.90 Å². The van der Waals surface area contributed by atoms with Gasteiger partial charge in [-0.3, -0.25) is 0 Å². The number of para-hydroxylation sites is 1. The number of aryl methyl sites for hydroxylation is 1. The molecule has 15 heavy (non-hydrogen) atoms. The fourth-order valence-electron chi connectivity index (χ4n) is 2.35. The Bertz CT molecular complexity index is 324. The molecule has 0 saturated heterocycles. The highest BCUT2D eigenvalue weighted by atomic mass is 32.2. The van der Waals surface area contributed by atoms with Crippen molar-refractivity contribution < 1.29 is 0 Å². The van der Waals surface area contributed by atoms with E-state index >= 15 is 0 Å². The van der Waals surface area contributed by atoms with Gasteiger partial charge in [0.05, 0.1) is 0 Å². The molecule has 1 aromatic carbocycles. The van der Waals surface area contributed by atoms with Crippen LogP contribution in [0.15, 0.2) is 24.3 Å². The second-order valence-corrected chi connectivity index (χ2v) is 5.14. The molecule has 2 heteroatoms. The highest BCUT2D eigenvalue weighted by Crippen LogP contribution is 2.28. The molecular weight excluding hydrogens is 202 g/mol. The van der Waals surface area contributed by atoms with Gasteiger partial charge in [0.2, 0.25) is 0 Å². The van der Waals surface area contributed by atoms with E-state index in [0.717, 1.165) is 0 Å². The van der Waals surface area contributed by atoms with Gasteiger partial charge in [0.15, 0.2) is 0 Å². The van der Waals surface area contributed by atoms with Crippen molar-refractivity contribution in [3.63, 3.8) is 0 Å². The SMILES string of the molecule is CSCC(C)N1CCCc2ccccc21. The Kier molecular flexibility index (Phi) is 3.57. The molecule has 1 heterocycles. The van der Waals surface area contributed by atoms with Crippen molar-refractivity contribution in [1.82, 2.24) is 0 Å². The predicted molar refractivity (Wildman–Crippen MR) is 70.0 cm³/mol. The van der Waals surface area contributed by atoms with E-state index in [1.54, 1.807) is 0 Å². The molecular formula is C13H19NS. The Labute approximate surface area is 96.9 Å². The Balaban J connectivity index is 2.21. The van der Waals surface area contributed by atoms with Crippen LogP contribution in [0.3, 0.4) is 0 Å². The van der Waals surface area contributed by atoms with E-state index in [4.69, 9.17) is 0 Å². The van der Waals surface area contributed by atoms with Gasteiger partial charge in [0, 0.05) is 24.0 Å². The minimum Gasteiger partial charge on any atom is -0.368 e. The molecule has 0 aliphatic carbocycles. The van der Waals surface area contributed by atoms with Crippen molar-refractivity contribution in [2.24, 2.45) is 0 Å². The van der Waals surface area contributed by atoms with Crippen LogP contribution in [0, 0.1) is 0 Å². The molecule has 1 atom stereocenters. The number of nitrogens with zero attached hydrogens (tertiary/aromatic N) is 1. The highest BCUT2D eigenvalue weighted by Gasteiger charge is 2.20. The highest BCUT2D eigenvalue weighted by molar-refractivity contribution is 7.98. The van der Waals surface area contributed by atoms with Crippen molar-refractivity contribution in [1.29, 1.82) is 0 Å². The van der Waals surface area contributed by atoms with E-state index in [1.165, 1.54) is 36.4 Å². The summed E-state index contributed by atoms with van der Waals surface area (Å²) in [5.41, 5.74) is 2.99. The third-order valence-corrected chi connectivity index (χ3v) is 3.90. The van der Waals surface area contributed by atoms with Crippen LogP contribution in [0.25, 0.3) is 0 Å². The van der Waals surface area contributed by atoms with Gasteiger partial charge in [0.1, 0.15) is 0 Å². The molecule has 82 valence electrons. The molecule has 2 rings (SSSR count). The number of thioether (sulfide) groups is 1. The van der Waals surface area contributed by atoms with E-state index in [9.17, 15) is 0 Å². The van der Waals surface area contributed by atoms with E-state index in [1.807, 2.05) is 11.8 Å². The summed E-state index contributed by atoms with van der Waals surface area (Å²) in [7, 11) is 0. The first-order valence-electron chi connectivity index (χ1n) is 5.66. The van der Waals surface area contributed by atoms with Crippen LogP contribution in [0.4, 0.5) is 5.69 Å². The average Bonchev–Trinajstić information content (AvgIpc) is 2.28. The number of anilines is 1. The minimum absolute atomic E-state index is 0.654. The second kappa shape index (κ2) is 4.93. The maximum atomic E-state index is 2.56. The monoisotopic (exact) mass is 221 g/mol. The van der Waals surface area contributed by atoms with Crippen molar-refractivity contribution in [3.8, 4) is 0 Å². The normalized spacial score (nSPS) is 17.3. The third kappa shape index (κ3) is 2.31. The number of rotatable bonds is 3. The summed E-state index contributed by atoms with van der Waals surface area (Å²) < 4.78 is 0. The first-order valence-corrected chi connectivity index (χ1v) is 7.06. The third-order valence-electron chi connectivity index (χ3n) is 3.09. The van der Waals surface area contributed by atoms with Gasteiger partial charge in [0.25, 0.3) is 0 Å². The molecule has 0 bridgehead atoms. The number of benzene rings is 1. The zero-order chi connectivity index (χ0) is 10.7. The molecule has 1 nitrogen and oxygen atoms in total. The molecule has 0 amide bonds. The molecule has 1 aliphatic heterocycles. The van der Waals surface area contributed by atoms with Crippen LogP contribution in [0.2, 0.25) is 0 Å². The van der Waals surface area contributed by atoms with Crippen LogP contribution >= 0.6 is 11.8 Å². The van der Waals surface area contributed by atoms with Gasteiger partial charge in [-0.05, 0) is 37.7 Å². The lowest BCUT2D eigenvalue weighted by Crippen LogP contribution is -2.38. The van der Waals surface area contributed by atoms with Crippen molar-refractivity contribution in [2.75, 3.05) is 23.5 Å². The van der Waals surface area contributed by atoms with Gasteiger partial charge in [-0.25, -0.2) is 0 Å². The largest absolute Gasteiger partial charge is 0.368 e. The lowest BCUT2D eigenvalue weighted by Gasteiger charge is -2.36. The molecule has 0 saturated carbocycles. The van der Waals surface area contributed by atoms with E-state index in [0.29, 0.717) is 6.04 Å². The fraction of sp³-hybridized carbons (Fsp3) is 0.538. The molecule has 1 aromatic rings. The summed E-state index contributed by atoms with van der Waals surface area (Å²) >= 11 is 1.94. The van der Waals surface area contributed by atoms with Crippen molar-refractivity contribution in [2.45, 2.75) is 25.8 Å². The molecule has 0 N–H and O–H groups in total. The quantitative estimate of drug-likeness (QED) is 0.771. The van der Waals surface area contributed by atoms with Crippen LogP contribution in [-0.4, -0.2) is 24.6 Å². The summed E-state index contributed by atoms with van der Waals surface area (Å²) in [5, 5.41) is 0. The second-order valence-electron chi connectivity index (χ2n) is 4.23. The molecule has 0 aromatic heterocycles. The number of hydrogen-bond acceptors (Lipinski definition) is 2. The lowest BCUT2D eigenvalue weighted by atomic mass is 10.0. The molecule has 0 spiro atoms. The smallest absolute Gasteiger partial charge is 0.0401 e. The summed E-state index contributed by atoms with van der Waals surface area (Å²) in [5.74, 6) is 1.22. The Morgan fingerprint density at radius 1 is 1.40 bits per heavy atom. The van der Waals surface area contributed by atoms with Gasteiger partial charge in [-0.15, -0.1) is 0 Å². The Morgan fingerprint density at radius 3 is 3.00 bits per heavy atom. The molecule has 0 fully saturated rings. The summed E-state index contributed by atoms with van der Waals surface area (Å²) in [6.07, 6.45) is 4.74. The van der Waals surface area contributed by atoms with Gasteiger partial charge >= 0.3 is 0 Å². The van der Waals surface area contributed by atoms with Crippen LogP contribution < -0.4 is 4.90 Å². The number of fused-ring (bicyclic) bond motifs is 1. The van der Waals surface area contributed by atoms with Crippen molar-refractivity contribution >= 4 is 17.4 Å². The first kappa shape index (κ1) is 10.9. The summed E-state index contributed by atoms with van der Waals surface area (Å²) in [4.78, 5) is 2.56. The van der Waals surface area contributed by atoms with Crippen LogP contribution in [0.1, 0.15) is 18.9 Å². The summed E-state index contributed by atoms with van der Waals surface area (Å²) in [6, 6.07) is 9.50. The Morgan fingerprint density at radius 2 is 2.20 bits per heavy atom. The van der Waals surface area contributed by atoms with Crippen LogP contribution in [0.5, 0.6) is 0 Å². The zero-order valence-electron chi connectivity index (χ0n) is 9.57. The Hall–Kier alpha value is -0.630. The summed E-state index contributed by atoms with van der Waals surface area (Å²) in [6.45, 7) is 3.55. The van der Waals surface area contributed by atoms with E-state index in [2.05, 4.69) is 42.3 Å². The standard InChI is InChI=1S/C13H19NS/c1-11(10-15-2)14-9-5-7-12-6-3-4-8-13(12)14/h3-4,6,8,11H,5,7,9-10H2,1-2H3. The number of hydrogen-bond donors (Lipinski definition) is 0. The van der Waals surface area contributed by atoms with E-state index in [-0.39, 0.29) is 0 Å². The zero-order valence-corrected chi connectivity index (χ0v) is 10.4. The predicted octanol–water partition coefficient (Wildman–Crippen LogP) is 3.19. The van der Waals surface area contributed by atoms with Crippen molar-refractivity contribution in [3.05, 3.63) is 29.8 Å². The maximum Gasteiger partial charge on any atom is 0.0401 e. The molecule has 0 radical (unpaired) electrons. The lowest BCUT2D eigenvalue weighted by molar-refractivity contribution is 0.631. The van der Waals surface area contributed by atoms with Crippen LogP contribution in [-0.2, 0) is 6.42 Å².